The van der Waals surface area contributed by atoms with Crippen LogP contribution in [0.4, 0.5) is 5.69 Å². The standard InChI is InChI=1S/C31H33Cl2N3O3.Ni/c1-3-36-17-7-16-31(36,2)30(39)35-27-15-14-24(33)19-26(27)29(22-8-5-4-6-9-22)34-25(20-28(37)38)18-21-10-12-23(32)13-11-21;/h4-6,8-15,19,25H,3,7,16-18,20H2,1-2H3,(H2,34,35,37,38,39);/p-1/t25-,31-;/m1./s1. The first-order chi connectivity index (χ1) is 18.7. The predicted molar refractivity (Wildman–Crippen MR) is 158 cm³/mol. The van der Waals surface area contributed by atoms with Crippen LogP contribution in [0, 0.1) is 0 Å². The number of likely N-dealkylation sites (tertiary alicyclic amines) is 1. The number of likely N-dealkylation sites (N-methyl/N-ethyl adjacent to an activating group) is 1. The third-order valence-corrected chi connectivity index (χ3v) is 7.71. The third kappa shape index (κ3) is 7.73. The normalized spacial score (nSPS) is 18.1. The average Bonchev–Trinajstić information content (AvgIpc) is 3.31. The summed E-state index contributed by atoms with van der Waals surface area (Å²) in [6, 6.07) is 21.4. The molecule has 1 saturated heterocycles. The average molecular weight is 624 g/mol. The Bertz CT molecular complexity index is 1350. The van der Waals surface area contributed by atoms with Crippen molar-refractivity contribution >= 4 is 46.5 Å². The molecule has 2 atom stereocenters. The zero-order chi connectivity index (χ0) is 28.0. The third-order valence-electron chi connectivity index (χ3n) is 7.22. The number of hydrogen-bond acceptors (Lipinski definition) is 4. The second kappa shape index (κ2) is 14.3. The van der Waals surface area contributed by atoms with Crippen LogP contribution in [0.3, 0.4) is 0 Å². The monoisotopic (exact) mass is 622 g/mol. The summed E-state index contributed by atoms with van der Waals surface area (Å²) in [7, 11) is 0. The number of carbonyl (C=O) groups excluding carboxylic acids is 1. The zero-order valence-electron chi connectivity index (χ0n) is 22.4. The first kappa shape index (κ1) is 31.8. The molecule has 6 nitrogen and oxygen atoms in total. The molecule has 3 aromatic rings. The summed E-state index contributed by atoms with van der Waals surface area (Å²) in [6.45, 7) is 5.63. The van der Waals surface area contributed by atoms with Gasteiger partial charge in [-0.1, -0.05) is 78.7 Å². The maximum Gasteiger partial charge on any atom is 0.305 e. The number of aliphatic imine (C=N–C) groups is 1. The van der Waals surface area contributed by atoms with Crippen LogP contribution in [0.5, 0.6) is 0 Å². The summed E-state index contributed by atoms with van der Waals surface area (Å²) in [5.41, 5.74) is 2.60. The molecule has 0 radical (unpaired) electrons. The fraction of sp³-hybridized carbons (Fsp3) is 0.323. The minimum atomic E-state index is -0.954. The van der Waals surface area contributed by atoms with Crippen LogP contribution in [0.1, 0.15) is 49.8 Å². The fourth-order valence-corrected chi connectivity index (χ4v) is 5.43. The van der Waals surface area contributed by atoms with Crippen molar-refractivity contribution in [3.63, 3.8) is 0 Å². The quantitative estimate of drug-likeness (QED) is 0.189. The van der Waals surface area contributed by atoms with Crippen LogP contribution >= 0.6 is 23.2 Å². The van der Waals surface area contributed by atoms with E-state index in [2.05, 4.69) is 10.2 Å². The molecule has 0 spiro atoms. The van der Waals surface area contributed by atoms with Gasteiger partial charge in [0, 0.05) is 32.1 Å². The van der Waals surface area contributed by atoms with E-state index < -0.39 is 17.6 Å². The smallest absolute Gasteiger partial charge is 0.305 e. The molecule has 4 rings (SSSR count). The van der Waals surface area contributed by atoms with Crippen molar-refractivity contribution in [2.45, 2.75) is 51.1 Å². The minimum absolute atomic E-state index is 0. The predicted octanol–water partition coefficient (Wildman–Crippen LogP) is 7.32. The number of carbonyl (C=O) groups is 2. The van der Waals surface area contributed by atoms with Gasteiger partial charge < -0.3 is 15.2 Å². The van der Waals surface area contributed by atoms with Crippen molar-refractivity contribution < 1.29 is 31.2 Å². The number of rotatable bonds is 10. The van der Waals surface area contributed by atoms with Crippen molar-refractivity contribution in [1.29, 1.82) is 0 Å². The van der Waals surface area contributed by atoms with Gasteiger partial charge in [-0.25, -0.2) is 0 Å². The summed E-state index contributed by atoms with van der Waals surface area (Å²) in [6.07, 6.45) is 1.91. The van der Waals surface area contributed by atoms with Crippen LogP contribution in [0.2, 0.25) is 10.0 Å². The fourth-order valence-electron chi connectivity index (χ4n) is 5.13. The summed E-state index contributed by atoms with van der Waals surface area (Å²) >= 11 is 12.5. The SMILES string of the molecule is CCN1CCC[C@]1(C)C(=O)[N-]c1ccc(Cl)cc1C(=N[C@@H](CC(=O)O)Cc1ccc(Cl)cc1)c1ccccc1.[Ni]. The number of halogens is 2. The van der Waals surface area contributed by atoms with Crippen molar-refractivity contribution in [2.24, 2.45) is 4.99 Å². The molecule has 0 saturated carbocycles. The number of benzene rings is 3. The molecule has 1 fully saturated rings. The van der Waals surface area contributed by atoms with Gasteiger partial charge in [-0.15, -0.1) is 5.69 Å². The molecular formula is C31H32Cl2N3NiO3-. The maximum atomic E-state index is 13.6. The van der Waals surface area contributed by atoms with Crippen LogP contribution in [-0.2, 0) is 32.5 Å². The van der Waals surface area contributed by atoms with Crippen LogP contribution in [0.15, 0.2) is 77.8 Å². The largest absolute Gasteiger partial charge is 0.625 e. The summed E-state index contributed by atoms with van der Waals surface area (Å²) in [5.74, 6) is -1.16. The van der Waals surface area contributed by atoms with Crippen molar-refractivity contribution in [3.8, 4) is 0 Å². The van der Waals surface area contributed by atoms with Gasteiger partial charge in [0.05, 0.1) is 29.6 Å². The van der Waals surface area contributed by atoms with Crippen LogP contribution < -0.4 is 0 Å². The molecule has 3 aromatic carbocycles. The van der Waals surface area contributed by atoms with Gasteiger partial charge >= 0.3 is 5.97 Å². The molecule has 9 heteroatoms. The second-order valence-corrected chi connectivity index (χ2v) is 10.8. The minimum Gasteiger partial charge on any atom is -0.625 e. The second-order valence-electron chi connectivity index (χ2n) is 9.96. The summed E-state index contributed by atoms with van der Waals surface area (Å²) in [5, 5.41) is 15.4. The molecule has 1 aliphatic heterocycles. The zero-order valence-corrected chi connectivity index (χ0v) is 24.9. The Morgan fingerprint density at radius 2 is 1.73 bits per heavy atom. The Morgan fingerprint density at radius 1 is 1.05 bits per heavy atom. The molecule has 1 amide bonds. The van der Waals surface area contributed by atoms with E-state index in [1.54, 1.807) is 30.3 Å². The van der Waals surface area contributed by atoms with E-state index in [1.165, 1.54) is 0 Å². The molecule has 1 aliphatic rings. The molecule has 1 N–H and O–H groups in total. The number of nitrogens with zero attached hydrogens (tertiary/aromatic N) is 3. The number of carboxylic acids is 1. The van der Waals surface area contributed by atoms with E-state index in [-0.39, 0.29) is 28.8 Å². The number of hydrogen-bond donors (Lipinski definition) is 1. The Balaban J connectivity index is 0.00000441. The number of carboxylic acid groups (broad SMARTS) is 1. The van der Waals surface area contributed by atoms with Gasteiger partial charge in [-0.3, -0.25) is 14.7 Å². The molecule has 0 aromatic heterocycles. The van der Waals surface area contributed by atoms with Gasteiger partial charge in [0.1, 0.15) is 0 Å². The van der Waals surface area contributed by atoms with E-state index in [9.17, 15) is 14.7 Å². The molecular weight excluding hydrogens is 592 g/mol. The van der Waals surface area contributed by atoms with Crippen molar-refractivity contribution in [1.82, 2.24) is 4.90 Å². The van der Waals surface area contributed by atoms with Crippen LogP contribution in [-0.4, -0.2) is 52.3 Å². The van der Waals surface area contributed by atoms with Gasteiger partial charge in [-0.05, 0) is 74.7 Å². The Hall–Kier alpha value is -2.70. The molecule has 0 unspecified atom stereocenters. The van der Waals surface area contributed by atoms with E-state index in [0.29, 0.717) is 33.4 Å². The first-order valence-corrected chi connectivity index (χ1v) is 13.9. The van der Waals surface area contributed by atoms with E-state index >= 15 is 0 Å². The van der Waals surface area contributed by atoms with E-state index in [1.807, 2.05) is 56.3 Å². The summed E-state index contributed by atoms with van der Waals surface area (Å²) < 4.78 is 0. The van der Waals surface area contributed by atoms with Gasteiger partial charge in [0.25, 0.3) is 0 Å². The van der Waals surface area contributed by atoms with Crippen molar-refractivity contribution in [2.75, 3.05) is 13.1 Å². The molecule has 40 heavy (non-hydrogen) atoms. The summed E-state index contributed by atoms with van der Waals surface area (Å²) in [4.78, 5) is 32.6. The topological polar surface area (TPSA) is 84.1 Å². The number of amides is 1. The molecule has 0 aliphatic carbocycles. The Kier molecular flexibility index (Phi) is 11.4. The molecule has 0 bridgehead atoms. The van der Waals surface area contributed by atoms with E-state index in [0.717, 1.165) is 37.1 Å². The Labute approximate surface area is 255 Å². The van der Waals surface area contributed by atoms with Gasteiger partial charge in [0.2, 0.25) is 0 Å². The van der Waals surface area contributed by atoms with Crippen LogP contribution in [0.25, 0.3) is 5.32 Å². The van der Waals surface area contributed by atoms with Gasteiger partial charge in [0.15, 0.2) is 0 Å². The Morgan fingerprint density at radius 3 is 2.38 bits per heavy atom. The van der Waals surface area contributed by atoms with Gasteiger partial charge in [-0.2, -0.15) is 0 Å². The maximum absolute atomic E-state index is 13.6. The molecule has 214 valence electrons. The molecule has 1 heterocycles. The first-order valence-electron chi connectivity index (χ1n) is 13.1. The van der Waals surface area contributed by atoms with Crippen molar-refractivity contribution in [3.05, 3.63) is 105 Å². The number of aliphatic carboxylic acids is 1. The van der Waals surface area contributed by atoms with E-state index in [4.69, 9.17) is 28.2 Å².